The van der Waals surface area contributed by atoms with E-state index in [1.54, 1.807) is 0 Å². The molecule has 0 radical (unpaired) electrons. The van der Waals surface area contributed by atoms with E-state index in [1.165, 1.54) is 88.8 Å². The summed E-state index contributed by atoms with van der Waals surface area (Å²) < 4.78 is 6.23. The van der Waals surface area contributed by atoms with Crippen molar-refractivity contribution < 1.29 is 4.42 Å². The average Bonchev–Trinajstić information content (AvgIpc) is 3.83. The number of furan rings is 1. The molecule has 11 rings (SSSR count). The van der Waals surface area contributed by atoms with Crippen LogP contribution in [0.2, 0.25) is 0 Å². The van der Waals surface area contributed by atoms with Crippen LogP contribution in [0.15, 0.2) is 180 Å². The second-order valence-electron chi connectivity index (χ2n) is 17.6. The van der Waals surface area contributed by atoms with E-state index in [0.29, 0.717) is 0 Å². The summed E-state index contributed by atoms with van der Waals surface area (Å²) in [6, 6.07) is 65.7. The lowest BCUT2D eigenvalue weighted by Gasteiger charge is -2.26. The van der Waals surface area contributed by atoms with Gasteiger partial charge in [-0.1, -0.05) is 179 Å². The van der Waals surface area contributed by atoms with Crippen LogP contribution < -0.4 is 0 Å². The normalized spacial score (nSPS) is 14.9. The average molecular weight is 747 g/mol. The summed E-state index contributed by atoms with van der Waals surface area (Å²) in [6.45, 7) is 9.60. The largest absolute Gasteiger partial charge is 0.456 e. The summed E-state index contributed by atoms with van der Waals surface area (Å²) in [6.07, 6.45) is 2.00. The topological polar surface area (TPSA) is 13.1 Å². The van der Waals surface area contributed by atoms with E-state index in [9.17, 15) is 0 Å². The quantitative estimate of drug-likeness (QED) is 0.158. The molecule has 0 amide bonds. The highest BCUT2D eigenvalue weighted by Crippen LogP contribution is 2.52. The molecule has 1 aromatic heterocycles. The molecule has 2 aliphatic carbocycles. The minimum absolute atomic E-state index is 0.0499. The molecule has 280 valence electrons. The molecule has 0 aliphatic heterocycles. The Bertz CT molecular complexity index is 3050. The molecule has 58 heavy (non-hydrogen) atoms. The van der Waals surface area contributed by atoms with E-state index in [1.807, 2.05) is 12.1 Å². The molecule has 2 aliphatic rings. The Morgan fingerprint density at radius 1 is 0.397 bits per heavy atom. The van der Waals surface area contributed by atoms with Gasteiger partial charge >= 0.3 is 0 Å². The van der Waals surface area contributed by atoms with Crippen molar-refractivity contribution in [1.29, 1.82) is 0 Å². The van der Waals surface area contributed by atoms with Gasteiger partial charge in [-0.05, 0) is 121 Å². The summed E-state index contributed by atoms with van der Waals surface area (Å²) in [5.41, 5.74) is 21.9. The van der Waals surface area contributed by atoms with E-state index >= 15 is 0 Å². The lowest BCUT2D eigenvalue weighted by Crippen LogP contribution is -2.17. The zero-order valence-corrected chi connectivity index (χ0v) is 33.6. The van der Waals surface area contributed by atoms with Gasteiger partial charge in [0.1, 0.15) is 11.2 Å². The van der Waals surface area contributed by atoms with Gasteiger partial charge in [0.05, 0.1) is 0 Å². The maximum atomic E-state index is 6.23. The van der Waals surface area contributed by atoms with Crippen LogP contribution in [0, 0.1) is 0 Å². The molecule has 0 N–H and O–H groups in total. The Hall–Kier alpha value is -6.44. The summed E-state index contributed by atoms with van der Waals surface area (Å²) in [7, 11) is 0. The molecule has 1 nitrogen and oxygen atoms in total. The highest BCUT2D eigenvalue weighted by Gasteiger charge is 2.38. The van der Waals surface area contributed by atoms with Crippen molar-refractivity contribution in [3.05, 3.63) is 215 Å². The van der Waals surface area contributed by atoms with Crippen molar-refractivity contribution in [3.8, 4) is 44.5 Å². The number of rotatable bonds is 7. The minimum atomic E-state index is -0.112. The van der Waals surface area contributed by atoms with Gasteiger partial charge in [-0.25, -0.2) is 0 Å². The van der Waals surface area contributed by atoms with Gasteiger partial charge < -0.3 is 4.42 Å². The maximum absolute atomic E-state index is 6.23. The lowest BCUT2D eigenvalue weighted by atomic mass is 9.77. The molecule has 0 bridgehead atoms. The number of para-hydroxylation sites is 1. The molecule has 0 saturated heterocycles. The Morgan fingerprint density at radius 2 is 0.914 bits per heavy atom. The standard InChI is InChI=1S/C57H46O/c1-56(2)50-16-10-8-14-44(50)45-29-25-41(33-52(45)56)43(27-20-36-18-21-38(22-19-36)40-24-31-49-48-15-9-11-17-54(48)58-55(49)35-40)42-26-30-47-46-28-23-39(37-12-6-5-7-13-37)32-51(46)57(3,4)53(47)34-42/h5-19,21-26,28-35,43H,20,27H2,1-4H3. The van der Waals surface area contributed by atoms with E-state index in [-0.39, 0.29) is 16.7 Å². The molecule has 1 unspecified atom stereocenters. The number of benzene rings is 8. The van der Waals surface area contributed by atoms with Crippen LogP contribution in [0.1, 0.15) is 79.0 Å². The smallest absolute Gasteiger partial charge is 0.136 e. The third-order valence-corrected chi connectivity index (χ3v) is 13.6. The van der Waals surface area contributed by atoms with Crippen LogP contribution in [0.25, 0.3) is 66.4 Å². The van der Waals surface area contributed by atoms with Crippen molar-refractivity contribution in [2.75, 3.05) is 0 Å². The minimum Gasteiger partial charge on any atom is -0.456 e. The monoisotopic (exact) mass is 746 g/mol. The van der Waals surface area contributed by atoms with Crippen LogP contribution >= 0.6 is 0 Å². The van der Waals surface area contributed by atoms with Crippen LogP contribution in [-0.4, -0.2) is 0 Å². The van der Waals surface area contributed by atoms with Crippen LogP contribution in [0.4, 0.5) is 0 Å². The Kier molecular flexibility index (Phi) is 7.82. The van der Waals surface area contributed by atoms with Crippen LogP contribution in [-0.2, 0) is 17.3 Å². The predicted octanol–water partition coefficient (Wildman–Crippen LogP) is 15.3. The van der Waals surface area contributed by atoms with Crippen molar-refractivity contribution in [3.63, 3.8) is 0 Å². The summed E-state index contributed by atoms with van der Waals surface area (Å²) in [5.74, 6) is 0.240. The van der Waals surface area contributed by atoms with E-state index < -0.39 is 0 Å². The third kappa shape index (κ3) is 5.44. The third-order valence-electron chi connectivity index (χ3n) is 13.6. The first-order chi connectivity index (χ1) is 28.2. The van der Waals surface area contributed by atoms with Gasteiger partial charge in [-0.2, -0.15) is 0 Å². The highest BCUT2D eigenvalue weighted by atomic mass is 16.3. The first kappa shape index (κ1) is 34.8. The summed E-state index contributed by atoms with van der Waals surface area (Å²) >= 11 is 0. The second kappa shape index (κ2) is 13.0. The fraction of sp³-hybridized carbons (Fsp3) is 0.158. The van der Waals surface area contributed by atoms with Gasteiger partial charge in [0.15, 0.2) is 0 Å². The van der Waals surface area contributed by atoms with Crippen molar-refractivity contribution in [1.82, 2.24) is 0 Å². The molecule has 0 saturated carbocycles. The second-order valence-corrected chi connectivity index (χ2v) is 17.6. The van der Waals surface area contributed by atoms with Crippen LogP contribution in [0.3, 0.4) is 0 Å². The fourth-order valence-corrected chi connectivity index (χ4v) is 10.3. The lowest BCUT2D eigenvalue weighted by molar-refractivity contribution is 0.649. The zero-order chi connectivity index (χ0) is 39.2. The van der Waals surface area contributed by atoms with E-state index in [2.05, 4.69) is 191 Å². The first-order valence-electron chi connectivity index (χ1n) is 20.8. The summed E-state index contributed by atoms with van der Waals surface area (Å²) in [5, 5.41) is 2.33. The predicted molar refractivity (Wildman–Crippen MR) is 243 cm³/mol. The maximum Gasteiger partial charge on any atom is 0.136 e. The summed E-state index contributed by atoms with van der Waals surface area (Å²) in [4.78, 5) is 0. The van der Waals surface area contributed by atoms with Crippen molar-refractivity contribution in [2.45, 2.75) is 57.3 Å². The van der Waals surface area contributed by atoms with E-state index in [4.69, 9.17) is 4.42 Å². The van der Waals surface area contributed by atoms with Gasteiger partial charge in [-0.15, -0.1) is 0 Å². The van der Waals surface area contributed by atoms with Gasteiger partial charge in [0.2, 0.25) is 0 Å². The number of aryl methyl sites for hydroxylation is 1. The number of fused-ring (bicyclic) bond motifs is 9. The molecule has 1 heterocycles. The molecule has 1 atom stereocenters. The van der Waals surface area contributed by atoms with Gasteiger partial charge in [-0.3, -0.25) is 0 Å². The van der Waals surface area contributed by atoms with Crippen LogP contribution in [0.5, 0.6) is 0 Å². The molecular weight excluding hydrogens is 701 g/mol. The molecular formula is C57H46O. The highest BCUT2D eigenvalue weighted by molar-refractivity contribution is 6.05. The Balaban J connectivity index is 0.944. The molecule has 9 aromatic rings. The number of hydrogen-bond acceptors (Lipinski definition) is 1. The SMILES string of the molecule is CC1(C)c2ccccc2-c2ccc(C(CCc3ccc(-c4ccc5c(c4)oc4ccccc45)cc3)c3ccc4c(c3)C(C)(C)c3cc(-c5ccccc5)ccc3-4)cc21. The van der Waals surface area contributed by atoms with Gasteiger partial charge in [0.25, 0.3) is 0 Å². The zero-order valence-electron chi connectivity index (χ0n) is 33.6. The number of hydrogen-bond donors (Lipinski definition) is 0. The van der Waals surface area contributed by atoms with Crippen molar-refractivity contribution >= 4 is 21.9 Å². The van der Waals surface area contributed by atoms with E-state index in [0.717, 1.165) is 29.4 Å². The van der Waals surface area contributed by atoms with Crippen molar-refractivity contribution in [2.24, 2.45) is 0 Å². The Morgan fingerprint density at radius 3 is 1.66 bits per heavy atom. The molecule has 0 fully saturated rings. The molecule has 0 spiro atoms. The Labute approximate surface area is 341 Å². The molecule has 8 aromatic carbocycles. The molecule has 1 heteroatoms. The van der Waals surface area contributed by atoms with Gasteiger partial charge in [0, 0.05) is 27.5 Å². The fourth-order valence-electron chi connectivity index (χ4n) is 10.3. The first-order valence-corrected chi connectivity index (χ1v) is 20.8.